The van der Waals surface area contributed by atoms with Crippen LogP contribution in [0.1, 0.15) is 36.5 Å². The first-order valence-corrected chi connectivity index (χ1v) is 7.81. The SMILES string of the molecule is Cc1cccc(C(C)C)c1NC(=O)C(=O)NCc1ccc(F)cc1. The molecular formula is C19H21FN2O2. The molecular weight excluding hydrogens is 307 g/mol. The number of anilines is 1. The summed E-state index contributed by atoms with van der Waals surface area (Å²) in [5.74, 6) is -1.56. The molecule has 0 aliphatic heterocycles. The van der Waals surface area contributed by atoms with Gasteiger partial charge < -0.3 is 10.6 Å². The number of para-hydroxylation sites is 1. The van der Waals surface area contributed by atoms with Gasteiger partial charge in [-0.2, -0.15) is 0 Å². The fourth-order valence-corrected chi connectivity index (χ4v) is 2.38. The highest BCUT2D eigenvalue weighted by Crippen LogP contribution is 2.27. The third kappa shape index (κ3) is 4.41. The number of aryl methyl sites for hydroxylation is 1. The van der Waals surface area contributed by atoms with Crippen molar-refractivity contribution in [3.05, 3.63) is 65.0 Å². The number of halogens is 1. The predicted molar refractivity (Wildman–Crippen MR) is 92.1 cm³/mol. The summed E-state index contributed by atoms with van der Waals surface area (Å²) in [6.45, 7) is 6.10. The second-order valence-electron chi connectivity index (χ2n) is 5.96. The quantitative estimate of drug-likeness (QED) is 0.844. The highest BCUT2D eigenvalue weighted by atomic mass is 19.1. The molecule has 0 aliphatic carbocycles. The summed E-state index contributed by atoms with van der Waals surface area (Å²) in [7, 11) is 0. The average Bonchev–Trinajstić information content (AvgIpc) is 2.55. The Kier molecular flexibility index (Phi) is 5.68. The zero-order chi connectivity index (χ0) is 17.7. The molecule has 0 saturated carbocycles. The van der Waals surface area contributed by atoms with E-state index < -0.39 is 11.8 Å². The number of nitrogens with one attached hydrogen (secondary N) is 2. The van der Waals surface area contributed by atoms with E-state index in [2.05, 4.69) is 10.6 Å². The Morgan fingerprint density at radius 2 is 1.71 bits per heavy atom. The van der Waals surface area contributed by atoms with E-state index in [-0.39, 0.29) is 18.3 Å². The summed E-state index contributed by atoms with van der Waals surface area (Å²) in [5, 5.41) is 5.23. The summed E-state index contributed by atoms with van der Waals surface area (Å²) in [4.78, 5) is 24.1. The summed E-state index contributed by atoms with van der Waals surface area (Å²) in [6, 6.07) is 11.5. The highest BCUT2D eigenvalue weighted by Gasteiger charge is 2.17. The van der Waals surface area contributed by atoms with Gasteiger partial charge in [0.2, 0.25) is 0 Å². The van der Waals surface area contributed by atoms with E-state index >= 15 is 0 Å². The zero-order valence-corrected chi connectivity index (χ0v) is 14.0. The largest absolute Gasteiger partial charge is 0.344 e. The minimum atomic E-state index is -0.725. The average molecular weight is 328 g/mol. The monoisotopic (exact) mass is 328 g/mol. The summed E-state index contributed by atoms with van der Waals surface area (Å²) in [6.07, 6.45) is 0. The van der Waals surface area contributed by atoms with E-state index in [1.807, 2.05) is 39.0 Å². The molecule has 4 nitrogen and oxygen atoms in total. The van der Waals surface area contributed by atoms with Crippen LogP contribution >= 0.6 is 0 Å². The van der Waals surface area contributed by atoms with E-state index in [1.54, 1.807) is 12.1 Å². The second-order valence-corrected chi connectivity index (χ2v) is 5.96. The minimum Gasteiger partial charge on any atom is -0.344 e. The zero-order valence-electron chi connectivity index (χ0n) is 14.0. The summed E-state index contributed by atoms with van der Waals surface area (Å²) >= 11 is 0. The lowest BCUT2D eigenvalue weighted by Crippen LogP contribution is -2.35. The molecule has 2 aromatic carbocycles. The van der Waals surface area contributed by atoms with Crippen LogP contribution in [0.2, 0.25) is 0 Å². The van der Waals surface area contributed by atoms with Crippen LogP contribution in [0.5, 0.6) is 0 Å². The van der Waals surface area contributed by atoms with Gasteiger partial charge in [-0.05, 0) is 41.7 Å². The van der Waals surface area contributed by atoms with Crippen LogP contribution in [-0.2, 0) is 16.1 Å². The molecule has 0 unspecified atom stereocenters. The molecule has 0 atom stereocenters. The number of amides is 2. The first kappa shape index (κ1) is 17.7. The lowest BCUT2D eigenvalue weighted by atomic mass is 9.98. The van der Waals surface area contributed by atoms with E-state index in [4.69, 9.17) is 0 Å². The molecule has 0 bridgehead atoms. The van der Waals surface area contributed by atoms with Crippen molar-refractivity contribution >= 4 is 17.5 Å². The minimum absolute atomic E-state index is 0.164. The Balaban J connectivity index is 2.02. The summed E-state index contributed by atoms with van der Waals surface area (Å²) in [5.41, 5.74) is 3.28. The maximum absolute atomic E-state index is 12.8. The van der Waals surface area contributed by atoms with Gasteiger partial charge >= 0.3 is 11.8 Å². The van der Waals surface area contributed by atoms with E-state index in [1.165, 1.54) is 12.1 Å². The molecule has 2 aromatic rings. The number of carbonyl (C=O) groups excluding carboxylic acids is 2. The Hall–Kier alpha value is -2.69. The lowest BCUT2D eigenvalue weighted by molar-refractivity contribution is -0.136. The molecule has 126 valence electrons. The molecule has 2 rings (SSSR count). The van der Waals surface area contributed by atoms with Gasteiger partial charge in [0.05, 0.1) is 0 Å². The van der Waals surface area contributed by atoms with Crippen LogP contribution in [0.25, 0.3) is 0 Å². The normalized spacial score (nSPS) is 10.5. The van der Waals surface area contributed by atoms with Crippen LogP contribution in [0.4, 0.5) is 10.1 Å². The van der Waals surface area contributed by atoms with Crippen LogP contribution < -0.4 is 10.6 Å². The van der Waals surface area contributed by atoms with E-state index in [0.717, 1.165) is 16.7 Å². The molecule has 0 aliphatic rings. The van der Waals surface area contributed by atoms with Crippen molar-refractivity contribution in [1.29, 1.82) is 0 Å². The van der Waals surface area contributed by atoms with Crippen LogP contribution in [-0.4, -0.2) is 11.8 Å². The topological polar surface area (TPSA) is 58.2 Å². The molecule has 0 aromatic heterocycles. The Labute approximate surface area is 141 Å². The first-order chi connectivity index (χ1) is 11.4. The van der Waals surface area contributed by atoms with Crippen LogP contribution in [0.15, 0.2) is 42.5 Å². The number of rotatable bonds is 4. The number of carbonyl (C=O) groups is 2. The number of hydrogen-bond donors (Lipinski definition) is 2. The Morgan fingerprint density at radius 3 is 2.33 bits per heavy atom. The van der Waals surface area contributed by atoms with E-state index in [9.17, 15) is 14.0 Å². The fourth-order valence-electron chi connectivity index (χ4n) is 2.38. The molecule has 0 heterocycles. The first-order valence-electron chi connectivity index (χ1n) is 7.81. The van der Waals surface area contributed by atoms with Crippen molar-refractivity contribution in [2.24, 2.45) is 0 Å². The fraction of sp³-hybridized carbons (Fsp3) is 0.263. The molecule has 2 N–H and O–H groups in total. The number of benzene rings is 2. The molecule has 24 heavy (non-hydrogen) atoms. The lowest BCUT2D eigenvalue weighted by Gasteiger charge is -2.16. The van der Waals surface area contributed by atoms with E-state index in [0.29, 0.717) is 5.69 Å². The standard InChI is InChI=1S/C19H21FN2O2/c1-12(2)16-6-4-5-13(3)17(16)22-19(24)18(23)21-11-14-7-9-15(20)10-8-14/h4-10,12H,11H2,1-3H3,(H,21,23)(H,22,24). The third-order valence-corrected chi connectivity index (χ3v) is 3.74. The smallest absolute Gasteiger partial charge is 0.313 e. The predicted octanol–water partition coefficient (Wildman–Crippen LogP) is 3.51. The Bertz CT molecular complexity index is 740. The van der Waals surface area contributed by atoms with Gasteiger partial charge in [-0.3, -0.25) is 9.59 Å². The van der Waals surface area contributed by atoms with Crippen molar-refractivity contribution in [2.75, 3.05) is 5.32 Å². The van der Waals surface area contributed by atoms with Crippen molar-refractivity contribution in [3.8, 4) is 0 Å². The molecule has 0 fully saturated rings. The second kappa shape index (κ2) is 7.73. The van der Waals surface area contributed by atoms with Gasteiger partial charge in [0.25, 0.3) is 0 Å². The number of hydrogen-bond acceptors (Lipinski definition) is 2. The summed E-state index contributed by atoms with van der Waals surface area (Å²) < 4.78 is 12.8. The molecule has 5 heteroatoms. The third-order valence-electron chi connectivity index (χ3n) is 3.74. The van der Waals surface area contributed by atoms with Gasteiger partial charge in [0, 0.05) is 12.2 Å². The maximum Gasteiger partial charge on any atom is 0.313 e. The van der Waals surface area contributed by atoms with Crippen LogP contribution in [0, 0.1) is 12.7 Å². The molecule has 0 saturated heterocycles. The van der Waals surface area contributed by atoms with Crippen molar-refractivity contribution < 1.29 is 14.0 Å². The van der Waals surface area contributed by atoms with Gasteiger partial charge in [-0.1, -0.05) is 44.2 Å². The molecule has 0 spiro atoms. The molecule has 2 amide bonds. The highest BCUT2D eigenvalue weighted by molar-refractivity contribution is 6.39. The van der Waals surface area contributed by atoms with Crippen molar-refractivity contribution in [2.45, 2.75) is 33.2 Å². The van der Waals surface area contributed by atoms with Crippen molar-refractivity contribution in [3.63, 3.8) is 0 Å². The van der Waals surface area contributed by atoms with Crippen LogP contribution in [0.3, 0.4) is 0 Å². The van der Waals surface area contributed by atoms with Crippen molar-refractivity contribution in [1.82, 2.24) is 5.32 Å². The van der Waals surface area contributed by atoms with Gasteiger partial charge in [-0.15, -0.1) is 0 Å². The Morgan fingerprint density at radius 1 is 1.04 bits per heavy atom. The maximum atomic E-state index is 12.8. The van der Waals surface area contributed by atoms with Gasteiger partial charge in [0.15, 0.2) is 0 Å². The molecule has 0 radical (unpaired) electrons. The van der Waals surface area contributed by atoms with Gasteiger partial charge in [-0.25, -0.2) is 4.39 Å². The van der Waals surface area contributed by atoms with Gasteiger partial charge in [0.1, 0.15) is 5.82 Å².